The minimum absolute atomic E-state index is 0.245. The number of furan rings is 1. The Hall–Kier alpha value is -2.92. The highest BCUT2D eigenvalue weighted by Crippen LogP contribution is 2.26. The molecular weight excluding hydrogens is 320 g/mol. The predicted molar refractivity (Wildman–Crippen MR) is 96.5 cm³/mol. The monoisotopic (exact) mass is 334 g/mol. The number of fused-ring (bicyclic) bond motifs is 1. The van der Waals surface area contributed by atoms with Crippen molar-refractivity contribution in [2.45, 2.75) is 6.92 Å². The van der Waals surface area contributed by atoms with Crippen LogP contribution in [0.5, 0.6) is 0 Å². The maximum Gasteiger partial charge on any atom is 0.291 e. The van der Waals surface area contributed by atoms with Gasteiger partial charge in [0.25, 0.3) is 5.91 Å². The van der Waals surface area contributed by atoms with Gasteiger partial charge in [0.15, 0.2) is 5.76 Å². The van der Waals surface area contributed by atoms with E-state index in [2.05, 4.69) is 10.3 Å². The van der Waals surface area contributed by atoms with Crippen molar-refractivity contribution in [3.8, 4) is 10.6 Å². The SMILES string of the molecule is Cc1c(C(=O)Nc2ccc(-c3nccs3)cc2)oc2ccccc12. The van der Waals surface area contributed by atoms with Gasteiger partial charge in [-0.25, -0.2) is 4.98 Å². The van der Waals surface area contributed by atoms with Gasteiger partial charge in [0.2, 0.25) is 0 Å². The third-order valence-electron chi connectivity index (χ3n) is 3.87. The van der Waals surface area contributed by atoms with Crippen LogP contribution in [0, 0.1) is 6.92 Å². The number of nitrogens with zero attached hydrogens (tertiary/aromatic N) is 1. The van der Waals surface area contributed by atoms with Crippen LogP contribution in [0.2, 0.25) is 0 Å². The third kappa shape index (κ3) is 2.59. The summed E-state index contributed by atoms with van der Waals surface area (Å²) in [7, 11) is 0. The Morgan fingerprint density at radius 1 is 1.12 bits per heavy atom. The van der Waals surface area contributed by atoms with E-state index in [0.717, 1.165) is 32.8 Å². The number of amides is 1. The highest BCUT2D eigenvalue weighted by Gasteiger charge is 2.17. The first kappa shape index (κ1) is 14.7. The molecule has 2 heterocycles. The zero-order valence-corrected chi connectivity index (χ0v) is 13.8. The molecule has 0 aliphatic heterocycles. The number of aromatic nitrogens is 1. The molecular formula is C19H14N2O2S. The van der Waals surface area contributed by atoms with Crippen molar-refractivity contribution in [3.05, 3.63) is 71.4 Å². The molecule has 1 N–H and O–H groups in total. The molecule has 24 heavy (non-hydrogen) atoms. The highest BCUT2D eigenvalue weighted by molar-refractivity contribution is 7.13. The second-order valence-corrected chi connectivity index (χ2v) is 6.32. The zero-order chi connectivity index (χ0) is 16.5. The van der Waals surface area contributed by atoms with Crippen LogP contribution >= 0.6 is 11.3 Å². The van der Waals surface area contributed by atoms with Crippen molar-refractivity contribution in [3.63, 3.8) is 0 Å². The maximum atomic E-state index is 12.5. The molecule has 0 bridgehead atoms. The lowest BCUT2D eigenvalue weighted by Gasteiger charge is -2.04. The summed E-state index contributed by atoms with van der Waals surface area (Å²) < 4.78 is 5.70. The molecule has 0 saturated carbocycles. The second-order valence-electron chi connectivity index (χ2n) is 5.42. The first-order valence-corrected chi connectivity index (χ1v) is 8.40. The predicted octanol–water partition coefficient (Wildman–Crippen LogP) is 5.12. The van der Waals surface area contributed by atoms with E-state index in [1.165, 1.54) is 0 Å². The van der Waals surface area contributed by atoms with Crippen molar-refractivity contribution in [2.75, 3.05) is 5.32 Å². The number of hydrogen-bond acceptors (Lipinski definition) is 4. The van der Waals surface area contributed by atoms with Crippen LogP contribution in [-0.2, 0) is 0 Å². The van der Waals surface area contributed by atoms with Crippen LogP contribution < -0.4 is 5.32 Å². The summed E-state index contributed by atoms with van der Waals surface area (Å²) >= 11 is 1.58. The lowest BCUT2D eigenvalue weighted by Crippen LogP contribution is -2.11. The van der Waals surface area contributed by atoms with E-state index in [-0.39, 0.29) is 5.91 Å². The van der Waals surface area contributed by atoms with E-state index in [0.29, 0.717) is 5.76 Å². The zero-order valence-electron chi connectivity index (χ0n) is 12.9. The summed E-state index contributed by atoms with van der Waals surface area (Å²) in [6.07, 6.45) is 1.78. The quantitative estimate of drug-likeness (QED) is 0.566. The molecule has 0 fully saturated rings. The molecule has 0 saturated heterocycles. The van der Waals surface area contributed by atoms with Crippen molar-refractivity contribution < 1.29 is 9.21 Å². The number of hydrogen-bond donors (Lipinski definition) is 1. The molecule has 4 nitrogen and oxygen atoms in total. The Balaban J connectivity index is 1.58. The van der Waals surface area contributed by atoms with Crippen molar-refractivity contribution in [1.29, 1.82) is 0 Å². The molecule has 0 unspecified atom stereocenters. The standard InChI is InChI=1S/C19H14N2O2S/c1-12-15-4-2-3-5-16(15)23-17(12)18(22)21-14-8-6-13(7-9-14)19-20-10-11-24-19/h2-11H,1H3,(H,21,22). The summed E-state index contributed by atoms with van der Waals surface area (Å²) in [5, 5.41) is 6.74. The third-order valence-corrected chi connectivity index (χ3v) is 4.69. The van der Waals surface area contributed by atoms with Crippen molar-refractivity contribution in [1.82, 2.24) is 4.98 Å². The molecule has 118 valence electrons. The smallest absolute Gasteiger partial charge is 0.291 e. The maximum absolute atomic E-state index is 12.5. The molecule has 0 spiro atoms. The van der Waals surface area contributed by atoms with E-state index in [4.69, 9.17) is 4.42 Å². The molecule has 5 heteroatoms. The highest BCUT2D eigenvalue weighted by atomic mass is 32.1. The molecule has 0 aliphatic rings. The number of carbonyl (C=O) groups is 1. The fraction of sp³-hybridized carbons (Fsp3) is 0.0526. The number of benzene rings is 2. The van der Waals surface area contributed by atoms with E-state index in [1.807, 2.05) is 60.8 Å². The summed E-state index contributed by atoms with van der Waals surface area (Å²) in [6, 6.07) is 15.3. The lowest BCUT2D eigenvalue weighted by atomic mass is 10.1. The van der Waals surface area contributed by atoms with Crippen molar-refractivity contribution in [2.24, 2.45) is 0 Å². The number of carbonyl (C=O) groups excluding carboxylic acids is 1. The van der Waals surface area contributed by atoms with Gasteiger partial charge in [-0.15, -0.1) is 11.3 Å². The first-order chi connectivity index (χ1) is 11.7. The molecule has 2 aromatic carbocycles. The van der Waals surface area contributed by atoms with Gasteiger partial charge >= 0.3 is 0 Å². The number of para-hydroxylation sites is 1. The minimum atomic E-state index is -0.245. The molecule has 4 aromatic rings. The molecule has 0 aliphatic carbocycles. The fourth-order valence-electron chi connectivity index (χ4n) is 2.64. The number of thiazole rings is 1. The van der Waals surface area contributed by atoms with Crippen LogP contribution in [0.1, 0.15) is 16.1 Å². The van der Waals surface area contributed by atoms with Crippen LogP contribution in [-0.4, -0.2) is 10.9 Å². The van der Waals surface area contributed by atoms with Gasteiger partial charge in [0.1, 0.15) is 10.6 Å². The Labute approximate surface area is 142 Å². The van der Waals surface area contributed by atoms with Gasteiger partial charge in [-0.3, -0.25) is 4.79 Å². The summed E-state index contributed by atoms with van der Waals surface area (Å²) in [6.45, 7) is 1.90. The van der Waals surface area contributed by atoms with Crippen LogP contribution in [0.4, 0.5) is 5.69 Å². The average molecular weight is 334 g/mol. The summed E-state index contributed by atoms with van der Waals surface area (Å²) in [5.41, 5.74) is 3.32. The van der Waals surface area contributed by atoms with E-state index in [1.54, 1.807) is 17.5 Å². The van der Waals surface area contributed by atoms with Gasteiger partial charge in [-0.05, 0) is 37.3 Å². The first-order valence-electron chi connectivity index (χ1n) is 7.52. The van der Waals surface area contributed by atoms with Gasteiger partial charge in [0, 0.05) is 33.8 Å². The number of nitrogens with one attached hydrogen (secondary N) is 1. The van der Waals surface area contributed by atoms with Crippen LogP contribution in [0.3, 0.4) is 0 Å². The van der Waals surface area contributed by atoms with Crippen LogP contribution in [0.25, 0.3) is 21.5 Å². The lowest BCUT2D eigenvalue weighted by molar-refractivity contribution is 0.0998. The van der Waals surface area contributed by atoms with Gasteiger partial charge in [-0.2, -0.15) is 0 Å². The Kier molecular flexibility index (Phi) is 3.63. The Bertz CT molecular complexity index is 1000. The molecule has 4 rings (SSSR count). The number of rotatable bonds is 3. The van der Waals surface area contributed by atoms with E-state index in [9.17, 15) is 4.79 Å². The van der Waals surface area contributed by atoms with E-state index >= 15 is 0 Å². The number of aryl methyl sites for hydroxylation is 1. The minimum Gasteiger partial charge on any atom is -0.451 e. The molecule has 0 radical (unpaired) electrons. The summed E-state index contributed by atoms with van der Waals surface area (Å²) in [4.78, 5) is 16.8. The Morgan fingerprint density at radius 2 is 1.92 bits per heavy atom. The molecule has 0 atom stereocenters. The fourth-order valence-corrected chi connectivity index (χ4v) is 3.29. The van der Waals surface area contributed by atoms with Gasteiger partial charge in [0.05, 0.1) is 0 Å². The Morgan fingerprint density at radius 3 is 2.62 bits per heavy atom. The van der Waals surface area contributed by atoms with Crippen LogP contribution in [0.15, 0.2) is 64.5 Å². The van der Waals surface area contributed by atoms with Gasteiger partial charge < -0.3 is 9.73 Å². The van der Waals surface area contributed by atoms with Crippen molar-refractivity contribution >= 4 is 33.9 Å². The topological polar surface area (TPSA) is 55.1 Å². The molecule has 1 amide bonds. The van der Waals surface area contributed by atoms with Gasteiger partial charge in [-0.1, -0.05) is 18.2 Å². The second kappa shape index (κ2) is 5.94. The summed E-state index contributed by atoms with van der Waals surface area (Å²) in [5.74, 6) is 0.103. The number of anilines is 1. The normalized spacial score (nSPS) is 10.9. The van der Waals surface area contributed by atoms with E-state index < -0.39 is 0 Å². The average Bonchev–Trinajstić information content (AvgIpc) is 3.24. The largest absolute Gasteiger partial charge is 0.451 e. The molecule has 2 aromatic heterocycles.